The van der Waals surface area contributed by atoms with Gasteiger partial charge in [-0.05, 0) is 37.1 Å². The summed E-state index contributed by atoms with van der Waals surface area (Å²) in [4.78, 5) is 12.1. The molecule has 2 aromatic rings. The molecule has 1 aliphatic rings. The highest BCUT2D eigenvalue weighted by atomic mass is 32.2. The fraction of sp³-hybridized carbons (Fsp3) is 0.471. The van der Waals surface area contributed by atoms with Crippen LogP contribution in [-0.4, -0.2) is 39.6 Å². The molecular formula is C17H22N4O2S. The Morgan fingerprint density at radius 3 is 2.75 bits per heavy atom. The summed E-state index contributed by atoms with van der Waals surface area (Å²) in [5.74, 6) is 1.22. The van der Waals surface area contributed by atoms with E-state index in [-0.39, 0.29) is 5.91 Å². The summed E-state index contributed by atoms with van der Waals surface area (Å²) in [6, 6.07) is 7.99. The number of hydrogen-bond acceptors (Lipinski definition) is 5. The highest BCUT2D eigenvalue weighted by molar-refractivity contribution is 7.99. The minimum atomic E-state index is 0.0659. The summed E-state index contributed by atoms with van der Waals surface area (Å²) >= 11 is 1.40. The van der Waals surface area contributed by atoms with Gasteiger partial charge in [0.2, 0.25) is 5.91 Å². The summed E-state index contributed by atoms with van der Waals surface area (Å²) in [6.45, 7) is 0. The fourth-order valence-corrected chi connectivity index (χ4v) is 3.63. The molecule has 0 spiro atoms. The van der Waals surface area contributed by atoms with Gasteiger partial charge in [-0.15, -0.1) is 10.2 Å². The van der Waals surface area contributed by atoms with E-state index in [0.717, 1.165) is 24.3 Å². The first-order chi connectivity index (χ1) is 11.8. The summed E-state index contributed by atoms with van der Waals surface area (Å²) in [6.07, 6.45) is 7.56. The van der Waals surface area contributed by atoms with Crippen LogP contribution in [0.15, 0.2) is 35.7 Å². The molecule has 0 aliphatic heterocycles. The van der Waals surface area contributed by atoms with Crippen LogP contribution in [0, 0.1) is 0 Å². The smallest absolute Gasteiger partial charge is 0.230 e. The summed E-state index contributed by atoms with van der Waals surface area (Å²) < 4.78 is 7.04. The van der Waals surface area contributed by atoms with Gasteiger partial charge in [-0.2, -0.15) is 0 Å². The second-order valence-electron chi connectivity index (χ2n) is 5.87. The molecule has 24 heavy (non-hydrogen) atoms. The molecule has 0 saturated heterocycles. The first kappa shape index (κ1) is 16.8. The topological polar surface area (TPSA) is 69.0 Å². The first-order valence-electron chi connectivity index (χ1n) is 8.23. The first-order valence-corrected chi connectivity index (χ1v) is 9.21. The maximum absolute atomic E-state index is 12.1. The van der Waals surface area contributed by atoms with Crippen molar-refractivity contribution >= 4 is 17.7 Å². The Morgan fingerprint density at radius 2 is 2.04 bits per heavy atom. The quantitative estimate of drug-likeness (QED) is 0.815. The molecule has 1 aliphatic carbocycles. The number of rotatable bonds is 6. The predicted molar refractivity (Wildman–Crippen MR) is 93.7 cm³/mol. The number of benzene rings is 1. The molecule has 0 bridgehead atoms. The van der Waals surface area contributed by atoms with Gasteiger partial charge in [0.15, 0.2) is 5.16 Å². The lowest BCUT2D eigenvalue weighted by Crippen LogP contribution is -2.37. The molecule has 0 unspecified atom stereocenters. The predicted octanol–water partition coefficient (Wildman–Crippen LogP) is 2.82. The fourth-order valence-electron chi connectivity index (χ4n) is 2.89. The van der Waals surface area contributed by atoms with Gasteiger partial charge in [0, 0.05) is 11.7 Å². The van der Waals surface area contributed by atoms with E-state index >= 15 is 0 Å². The van der Waals surface area contributed by atoms with Gasteiger partial charge in [0.25, 0.3) is 0 Å². The van der Waals surface area contributed by atoms with Gasteiger partial charge >= 0.3 is 0 Å². The maximum atomic E-state index is 12.1. The van der Waals surface area contributed by atoms with Crippen molar-refractivity contribution in [2.45, 2.75) is 43.3 Å². The Hall–Kier alpha value is -2.02. The Kier molecular flexibility index (Phi) is 5.74. The number of hydrogen-bond donors (Lipinski definition) is 1. The van der Waals surface area contributed by atoms with Gasteiger partial charge in [0.05, 0.1) is 12.9 Å². The monoisotopic (exact) mass is 346 g/mol. The van der Waals surface area contributed by atoms with Crippen LogP contribution in [0.5, 0.6) is 5.75 Å². The lowest BCUT2D eigenvalue weighted by atomic mass is 9.95. The number of nitrogens with one attached hydrogen (secondary N) is 1. The standard InChI is InChI=1S/C17H22N4O2S/c1-23-15-9-7-14(8-10-15)21-12-18-20-17(21)24-11-16(22)19-13-5-3-2-4-6-13/h7-10,12-13H,2-6,11H2,1H3,(H,19,22). The van der Waals surface area contributed by atoms with Crippen LogP contribution in [0.4, 0.5) is 0 Å². The zero-order valence-corrected chi connectivity index (χ0v) is 14.6. The van der Waals surface area contributed by atoms with Crippen molar-refractivity contribution in [3.8, 4) is 11.4 Å². The van der Waals surface area contributed by atoms with Crippen LogP contribution in [0.25, 0.3) is 5.69 Å². The lowest BCUT2D eigenvalue weighted by Gasteiger charge is -2.22. The van der Waals surface area contributed by atoms with E-state index in [1.165, 1.54) is 31.0 Å². The molecule has 1 N–H and O–H groups in total. The van der Waals surface area contributed by atoms with Gasteiger partial charge in [0.1, 0.15) is 12.1 Å². The van der Waals surface area contributed by atoms with Crippen LogP contribution in [0.1, 0.15) is 32.1 Å². The summed E-state index contributed by atoms with van der Waals surface area (Å²) in [5, 5.41) is 11.9. The van der Waals surface area contributed by atoms with Crippen molar-refractivity contribution in [2.24, 2.45) is 0 Å². The molecular weight excluding hydrogens is 324 g/mol. The highest BCUT2D eigenvalue weighted by Gasteiger charge is 2.16. The summed E-state index contributed by atoms with van der Waals surface area (Å²) in [5.41, 5.74) is 0.941. The van der Waals surface area contributed by atoms with Crippen molar-refractivity contribution in [3.05, 3.63) is 30.6 Å². The Bertz CT molecular complexity index is 665. The third-order valence-corrected chi connectivity index (χ3v) is 5.11. The minimum absolute atomic E-state index is 0.0659. The number of ether oxygens (including phenoxy) is 1. The van der Waals surface area contributed by atoms with Crippen LogP contribution in [0.3, 0.4) is 0 Å². The normalized spacial score (nSPS) is 15.2. The van der Waals surface area contributed by atoms with Gasteiger partial charge in [-0.3, -0.25) is 9.36 Å². The number of nitrogens with zero attached hydrogens (tertiary/aromatic N) is 3. The van der Waals surface area contributed by atoms with Crippen LogP contribution in [-0.2, 0) is 4.79 Å². The largest absolute Gasteiger partial charge is 0.497 e. The number of carbonyl (C=O) groups excluding carboxylic acids is 1. The third kappa shape index (κ3) is 4.29. The van der Waals surface area contributed by atoms with Crippen LogP contribution >= 0.6 is 11.8 Å². The van der Waals surface area contributed by atoms with Crippen molar-refractivity contribution < 1.29 is 9.53 Å². The minimum Gasteiger partial charge on any atom is -0.497 e. The number of methoxy groups -OCH3 is 1. The molecule has 1 saturated carbocycles. The molecule has 0 radical (unpaired) electrons. The van der Waals surface area contributed by atoms with Crippen molar-refractivity contribution in [1.29, 1.82) is 0 Å². The molecule has 0 atom stereocenters. The third-order valence-electron chi connectivity index (χ3n) is 4.17. The average molecular weight is 346 g/mol. The number of thioether (sulfide) groups is 1. The molecule has 3 rings (SSSR count). The van der Waals surface area contributed by atoms with E-state index in [2.05, 4.69) is 15.5 Å². The van der Waals surface area contributed by atoms with E-state index in [0.29, 0.717) is 17.0 Å². The van der Waals surface area contributed by atoms with E-state index < -0.39 is 0 Å². The second kappa shape index (κ2) is 8.19. The number of carbonyl (C=O) groups is 1. The molecule has 1 aromatic carbocycles. The Balaban J connectivity index is 1.57. The van der Waals surface area contributed by atoms with Crippen LogP contribution < -0.4 is 10.1 Å². The molecule has 1 amide bonds. The highest BCUT2D eigenvalue weighted by Crippen LogP contribution is 2.22. The molecule has 7 heteroatoms. The van der Waals surface area contributed by atoms with E-state index in [4.69, 9.17) is 4.74 Å². The van der Waals surface area contributed by atoms with Gasteiger partial charge in [-0.1, -0.05) is 31.0 Å². The van der Waals surface area contributed by atoms with Crippen molar-refractivity contribution in [2.75, 3.05) is 12.9 Å². The summed E-state index contributed by atoms with van der Waals surface area (Å²) in [7, 11) is 1.64. The SMILES string of the molecule is COc1ccc(-n2cnnc2SCC(=O)NC2CCCCC2)cc1. The Labute approximate surface area is 146 Å². The van der Waals surface area contributed by atoms with E-state index in [1.807, 2.05) is 28.8 Å². The zero-order chi connectivity index (χ0) is 16.8. The van der Waals surface area contributed by atoms with Crippen LogP contribution in [0.2, 0.25) is 0 Å². The molecule has 1 heterocycles. The number of aromatic nitrogens is 3. The van der Waals surface area contributed by atoms with E-state index in [1.54, 1.807) is 13.4 Å². The molecule has 128 valence electrons. The molecule has 1 fully saturated rings. The zero-order valence-electron chi connectivity index (χ0n) is 13.8. The van der Waals surface area contributed by atoms with E-state index in [9.17, 15) is 4.79 Å². The lowest BCUT2D eigenvalue weighted by molar-refractivity contribution is -0.119. The molecule has 1 aromatic heterocycles. The second-order valence-corrected chi connectivity index (χ2v) is 6.82. The van der Waals surface area contributed by atoms with Gasteiger partial charge < -0.3 is 10.1 Å². The van der Waals surface area contributed by atoms with Gasteiger partial charge in [-0.25, -0.2) is 0 Å². The Morgan fingerprint density at radius 1 is 1.29 bits per heavy atom. The maximum Gasteiger partial charge on any atom is 0.230 e. The molecule has 6 nitrogen and oxygen atoms in total. The van der Waals surface area contributed by atoms with Crippen molar-refractivity contribution in [3.63, 3.8) is 0 Å². The van der Waals surface area contributed by atoms with Crippen molar-refractivity contribution in [1.82, 2.24) is 20.1 Å². The number of amides is 1. The average Bonchev–Trinajstić information content (AvgIpc) is 3.09.